The van der Waals surface area contributed by atoms with Crippen molar-refractivity contribution in [2.45, 2.75) is 32.2 Å². The van der Waals surface area contributed by atoms with Gasteiger partial charge in [0.1, 0.15) is 5.01 Å². The van der Waals surface area contributed by atoms with Crippen molar-refractivity contribution in [3.05, 3.63) is 71.0 Å². The first-order chi connectivity index (χ1) is 13.0. The second-order valence-corrected chi connectivity index (χ2v) is 7.65. The predicted octanol–water partition coefficient (Wildman–Crippen LogP) is 3.69. The molecule has 0 bridgehead atoms. The Balaban J connectivity index is 1.51. The maximum absolute atomic E-state index is 12.2. The van der Waals surface area contributed by atoms with Crippen molar-refractivity contribution in [1.82, 2.24) is 15.3 Å². The lowest BCUT2D eigenvalue weighted by Gasteiger charge is -2.14. The van der Waals surface area contributed by atoms with Gasteiger partial charge in [0, 0.05) is 35.9 Å². The standard InChI is InChI=1S/C21H24N4OS/c1-14(2)15-5-7-16(8-6-15)19(22)12-24-20(26)10-18-13-27-21(25-18)17-4-3-9-23-11-17/h3-9,11,13-14,19H,10,12,22H2,1-2H3,(H,24,26). The topological polar surface area (TPSA) is 80.9 Å². The molecule has 140 valence electrons. The minimum absolute atomic E-state index is 0.0766. The molecule has 0 aliphatic carbocycles. The summed E-state index contributed by atoms with van der Waals surface area (Å²) >= 11 is 1.51. The van der Waals surface area contributed by atoms with Crippen LogP contribution in [0.15, 0.2) is 54.2 Å². The van der Waals surface area contributed by atoms with Gasteiger partial charge in [-0.05, 0) is 29.2 Å². The Kier molecular flexibility index (Phi) is 6.32. The number of nitrogens with two attached hydrogens (primary N) is 1. The molecule has 0 fully saturated rings. The van der Waals surface area contributed by atoms with E-state index in [-0.39, 0.29) is 18.4 Å². The number of carbonyl (C=O) groups is 1. The highest BCUT2D eigenvalue weighted by atomic mass is 32.1. The molecular weight excluding hydrogens is 356 g/mol. The molecule has 1 atom stereocenters. The summed E-state index contributed by atoms with van der Waals surface area (Å²) in [6.07, 6.45) is 3.74. The number of thiazole rings is 1. The Labute approximate surface area is 163 Å². The number of pyridine rings is 1. The van der Waals surface area contributed by atoms with Gasteiger partial charge in [-0.1, -0.05) is 38.1 Å². The Hall–Kier alpha value is -2.57. The fourth-order valence-electron chi connectivity index (χ4n) is 2.71. The third kappa shape index (κ3) is 5.21. The lowest BCUT2D eigenvalue weighted by molar-refractivity contribution is -0.120. The molecule has 0 radical (unpaired) electrons. The van der Waals surface area contributed by atoms with Crippen molar-refractivity contribution >= 4 is 17.2 Å². The molecule has 3 aromatic rings. The van der Waals surface area contributed by atoms with Gasteiger partial charge in [-0.15, -0.1) is 11.3 Å². The van der Waals surface area contributed by atoms with Gasteiger partial charge >= 0.3 is 0 Å². The van der Waals surface area contributed by atoms with Crippen molar-refractivity contribution in [3.63, 3.8) is 0 Å². The van der Waals surface area contributed by atoms with Crippen LogP contribution < -0.4 is 11.1 Å². The van der Waals surface area contributed by atoms with Gasteiger partial charge in [0.25, 0.3) is 0 Å². The normalized spacial score (nSPS) is 12.1. The van der Waals surface area contributed by atoms with Crippen LogP contribution in [0.5, 0.6) is 0 Å². The van der Waals surface area contributed by atoms with E-state index in [1.165, 1.54) is 16.9 Å². The fraction of sp³-hybridized carbons (Fsp3) is 0.286. The monoisotopic (exact) mass is 380 g/mol. The summed E-state index contributed by atoms with van der Waals surface area (Å²) in [5.74, 6) is 0.414. The molecule has 3 rings (SSSR count). The molecule has 0 saturated carbocycles. The van der Waals surface area contributed by atoms with Crippen molar-refractivity contribution < 1.29 is 4.79 Å². The summed E-state index contributed by atoms with van der Waals surface area (Å²) in [4.78, 5) is 20.8. The number of nitrogens with zero attached hydrogens (tertiary/aromatic N) is 2. The zero-order valence-corrected chi connectivity index (χ0v) is 16.4. The number of rotatable bonds is 7. The second-order valence-electron chi connectivity index (χ2n) is 6.79. The van der Waals surface area contributed by atoms with E-state index in [9.17, 15) is 4.79 Å². The minimum atomic E-state index is -0.225. The zero-order valence-electron chi connectivity index (χ0n) is 15.6. The lowest BCUT2D eigenvalue weighted by Crippen LogP contribution is -2.32. The predicted molar refractivity (Wildman–Crippen MR) is 110 cm³/mol. The molecule has 1 amide bonds. The van der Waals surface area contributed by atoms with Crippen LogP contribution in [0.4, 0.5) is 0 Å². The molecule has 2 aromatic heterocycles. The van der Waals surface area contributed by atoms with Gasteiger partial charge in [-0.25, -0.2) is 4.98 Å². The molecule has 6 heteroatoms. The number of amides is 1. The number of hydrogen-bond donors (Lipinski definition) is 2. The Bertz CT molecular complexity index is 875. The van der Waals surface area contributed by atoms with Crippen LogP contribution in [0.3, 0.4) is 0 Å². The average Bonchev–Trinajstić information content (AvgIpc) is 3.15. The minimum Gasteiger partial charge on any atom is -0.354 e. The van der Waals surface area contributed by atoms with E-state index in [2.05, 4.69) is 41.3 Å². The van der Waals surface area contributed by atoms with Crippen LogP contribution in [0.1, 0.15) is 42.6 Å². The number of benzene rings is 1. The molecule has 1 aromatic carbocycles. The largest absolute Gasteiger partial charge is 0.354 e. The maximum atomic E-state index is 12.2. The van der Waals surface area contributed by atoms with Crippen LogP contribution in [0, 0.1) is 0 Å². The summed E-state index contributed by atoms with van der Waals surface area (Å²) in [6, 6.07) is 11.9. The van der Waals surface area contributed by atoms with E-state index < -0.39 is 0 Å². The van der Waals surface area contributed by atoms with Crippen molar-refractivity contribution in [2.24, 2.45) is 5.73 Å². The second kappa shape index (κ2) is 8.88. The van der Waals surface area contributed by atoms with Crippen LogP contribution in [-0.4, -0.2) is 22.4 Å². The van der Waals surface area contributed by atoms with Crippen molar-refractivity contribution in [1.29, 1.82) is 0 Å². The Morgan fingerprint density at radius 2 is 1.93 bits per heavy atom. The van der Waals surface area contributed by atoms with Crippen LogP contribution in [0.25, 0.3) is 10.6 Å². The first-order valence-electron chi connectivity index (χ1n) is 9.00. The van der Waals surface area contributed by atoms with Crippen LogP contribution >= 0.6 is 11.3 Å². The van der Waals surface area contributed by atoms with E-state index in [1.807, 2.05) is 29.6 Å². The quantitative estimate of drug-likeness (QED) is 0.655. The molecule has 27 heavy (non-hydrogen) atoms. The SMILES string of the molecule is CC(C)c1ccc(C(N)CNC(=O)Cc2csc(-c3cccnc3)n2)cc1. The summed E-state index contributed by atoms with van der Waals surface area (Å²) < 4.78 is 0. The molecule has 5 nitrogen and oxygen atoms in total. The van der Waals surface area contributed by atoms with E-state index in [1.54, 1.807) is 12.4 Å². The zero-order chi connectivity index (χ0) is 19.2. The van der Waals surface area contributed by atoms with Gasteiger partial charge < -0.3 is 11.1 Å². The van der Waals surface area contributed by atoms with E-state index in [4.69, 9.17) is 5.73 Å². The molecule has 1 unspecified atom stereocenters. The average molecular weight is 381 g/mol. The van der Waals surface area contributed by atoms with Gasteiger partial charge in [0.2, 0.25) is 5.91 Å². The maximum Gasteiger partial charge on any atom is 0.226 e. The fourth-order valence-corrected chi connectivity index (χ4v) is 3.52. The lowest BCUT2D eigenvalue weighted by atomic mass is 9.99. The Morgan fingerprint density at radius 1 is 1.19 bits per heavy atom. The summed E-state index contributed by atoms with van der Waals surface area (Å²) in [7, 11) is 0. The third-order valence-corrected chi connectivity index (χ3v) is 5.29. The molecule has 0 saturated heterocycles. The van der Waals surface area contributed by atoms with E-state index in [0.29, 0.717) is 12.5 Å². The highest BCUT2D eigenvalue weighted by Crippen LogP contribution is 2.23. The van der Waals surface area contributed by atoms with Gasteiger partial charge in [-0.3, -0.25) is 9.78 Å². The summed E-state index contributed by atoms with van der Waals surface area (Å²) in [5.41, 5.74) is 10.2. The van der Waals surface area contributed by atoms with Gasteiger partial charge in [-0.2, -0.15) is 0 Å². The number of hydrogen-bond acceptors (Lipinski definition) is 5. The molecular formula is C21H24N4OS. The van der Waals surface area contributed by atoms with Gasteiger partial charge in [0.15, 0.2) is 0 Å². The molecule has 2 heterocycles. The highest BCUT2D eigenvalue weighted by molar-refractivity contribution is 7.13. The number of nitrogens with one attached hydrogen (secondary N) is 1. The van der Waals surface area contributed by atoms with Crippen LogP contribution in [0.2, 0.25) is 0 Å². The molecule has 0 spiro atoms. The summed E-state index contributed by atoms with van der Waals surface area (Å²) in [5, 5.41) is 5.68. The van der Waals surface area contributed by atoms with Crippen molar-refractivity contribution in [2.75, 3.05) is 6.54 Å². The van der Waals surface area contributed by atoms with Gasteiger partial charge in [0.05, 0.1) is 12.1 Å². The first kappa shape index (κ1) is 19.2. The van der Waals surface area contributed by atoms with E-state index >= 15 is 0 Å². The molecule has 0 aliphatic heterocycles. The Morgan fingerprint density at radius 3 is 2.59 bits per heavy atom. The first-order valence-corrected chi connectivity index (χ1v) is 9.88. The smallest absolute Gasteiger partial charge is 0.226 e. The third-order valence-electron chi connectivity index (χ3n) is 4.35. The van der Waals surface area contributed by atoms with Crippen molar-refractivity contribution in [3.8, 4) is 10.6 Å². The summed E-state index contributed by atoms with van der Waals surface area (Å²) in [6.45, 7) is 4.72. The molecule has 0 aliphatic rings. The highest BCUT2D eigenvalue weighted by Gasteiger charge is 2.12. The van der Waals surface area contributed by atoms with E-state index in [0.717, 1.165) is 21.8 Å². The number of aromatic nitrogens is 2. The molecule has 3 N–H and O–H groups in total. The number of carbonyl (C=O) groups excluding carboxylic acids is 1. The van der Waals surface area contributed by atoms with Crippen LogP contribution in [-0.2, 0) is 11.2 Å².